The highest BCUT2D eigenvalue weighted by Crippen LogP contribution is 2.04. The number of aryl methyl sites for hydroxylation is 1. The number of nitrogens with one attached hydrogen (secondary N) is 1. The number of nitrogens with zero attached hydrogens (tertiary/aromatic N) is 2. The van der Waals surface area contributed by atoms with Crippen LogP contribution in [0.5, 0.6) is 0 Å². The van der Waals surface area contributed by atoms with Crippen molar-refractivity contribution >= 4 is 5.91 Å². The van der Waals surface area contributed by atoms with E-state index in [4.69, 9.17) is 5.73 Å². The van der Waals surface area contributed by atoms with E-state index in [9.17, 15) is 4.79 Å². The predicted molar refractivity (Wildman–Crippen MR) is 53.7 cm³/mol. The van der Waals surface area contributed by atoms with Crippen LogP contribution in [-0.4, -0.2) is 28.5 Å². The summed E-state index contributed by atoms with van der Waals surface area (Å²) >= 11 is 0. The number of hydrogen-bond acceptors (Lipinski definition) is 3. The third kappa shape index (κ3) is 2.11. The lowest BCUT2D eigenvalue weighted by Crippen LogP contribution is -2.42. The van der Waals surface area contributed by atoms with Crippen LogP contribution >= 0.6 is 0 Å². The number of imidazole rings is 1. The Morgan fingerprint density at radius 1 is 1.71 bits per heavy atom. The van der Waals surface area contributed by atoms with Crippen LogP contribution in [0, 0.1) is 13.8 Å². The second-order valence-electron chi connectivity index (χ2n) is 3.31. The zero-order chi connectivity index (χ0) is 10.7. The summed E-state index contributed by atoms with van der Waals surface area (Å²) in [6, 6.07) is -0.345. The van der Waals surface area contributed by atoms with Crippen molar-refractivity contribution in [2.75, 3.05) is 7.05 Å². The van der Waals surface area contributed by atoms with Crippen LogP contribution < -0.4 is 11.1 Å². The van der Waals surface area contributed by atoms with Gasteiger partial charge in [-0.2, -0.15) is 0 Å². The summed E-state index contributed by atoms with van der Waals surface area (Å²) in [5.41, 5.74) is 7.25. The molecule has 5 heteroatoms. The number of carbonyl (C=O) groups excluding carboxylic acids is 1. The van der Waals surface area contributed by atoms with Gasteiger partial charge in [0.25, 0.3) is 0 Å². The highest BCUT2D eigenvalue weighted by Gasteiger charge is 2.14. The van der Waals surface area contributed by atoms with E-state index < -0.39 is 0 Å². The summed E-state index contributed by atoms with van der Waals surface area (Å²) < 4.78 is 1.92. The first-order chi connectivity index (χ1) is 6.56. The van der Waals surface area contributed by atoms with Gasteiger partial charge in [-0.3, -0.25) is 4.79 Å². The molecular formula is C9H16N4O. The Labute approximate surface area is 83.3 Å². The summed E-state index contributed by atoms with van der Waals surface area (Å²) in [6.45, 7) is 4.43. The van der Waals surface area contributed by atoms with Crippen molar-refractivity contribution in [3.63, 3.8) is 0 Å². The molecule has 1 amide bonds. The molecule has 0 aliphatic heterocycles. The number of amides is 1. The van der Waals surface area contributed by atoms with E-state index in [1.165, 1.54) is 0 Å². The maximum atomic E-state index is 11.0. The van der Waals surface area contributed by atoms with Gasteiger partial charge in [-0.25, -0.2) is 4.98 Å². The molecule has 0 aromatic carbocycles. The van der Waals surface area contributed by atoms with Crippen molar-refractivity contribution < 1.29 is 4.79 Å². The third-order valence-electron chi connectivity index (χ3n) is 2.42. The molecule has 1 atom stereocenters. The van der Waals surface area contributed by atoms with Gasteiger partial charge in [0.2, 0.25) is 5.91 Å². The lowest BCUT2D eigenvalue weighted by atomic mass is 10.2. The van der Waals surface area contributed by atoms with E-state index >= 15 is 0 Å². The fourth-order valence-electron chi connectivity index (χ4n) is 1.25. The Morgan fingerprint density at radius 3 is 2.71 bits per heavy atom. The molecule has 0 bridgehead atoms. The number of primary amides is 1. The molecule has 1 unspecified atom stereocenters. The maximum Gasteiger partial charge on any atom is 0.236 e. The Hall–Kier alpha value is -1.36. The molecular weight excluding hydrogens is 180 g/mol. The minimum atomic E-state index is -0.349. The number of likely N-dealkylation sites (N-methyl/N-ethyl adjacent to an activating group) is 1. The Morgan fingerprint density at radius 2 is 2.36 bits per heavy atom. The molecule has 1 aromatic heterocycles. The van der Waals surface area contributed by atoms with E-state index in [-0.39, 0.29) is 11.9 Å². The molecule has 1 heterocycles. The first-order valence-electron chi connectivity index (χ1n) is 4.51. The zero-order valence-electron chi connectivity index (χ0n) is 8.74. The molecule has 0 fully saturated rings. The molecule has 3 N–H and O–H groups in total. The van der Waals surface area contributed by atoms with Crippen molar-refractivity contribution in [2.24, 2.45) is 5.73 Å². The van der Waals surface area contributed by atoms with Gasteiger partial charge in [0.15, 0.2) is 0 Å². The van der Waals surface area contributed by atoms with Crippen LogP contribution in [0.1, 0.15) is 11.4 Å². The number of rotatable bonds is 4. The van der Waals surface area contributed by atoms with Gasteiger partial charge in [-0.1, -0.05) is 0 Å². The van der Waals surface area contributed by atoms with Crippen molar-refractivity contribution in [3.05, 3.63) is 17.7 Å². The van der Waals surface area contributed by atoms with Crippen molar-refractivity contribution in [3.8, 4) is 0 Å². The van der Waals surface area contributed by atoms with Crippen LogP contribution in [0.3, 0.4) is 0 Å². The monoisotopic (exact) mass is 196 g/mol. The number of hydrogen-bond donors (Lipinski definition) is 2. The minimum Gasteiger partial charge on any atom is -0.368 e. The fourth-order valence-corrected chi connectivity index (χ4v) is 1.25. The SMILES string of the molecule is CNC(Cn1cnc(C)c1C)C(N)=O. The first-order valence-corrected chi connectivity index (χ1v) is 4.51. The number of carbonyl (C=O) groups is 1. The summed E-state index contributed by atoms with van der Waals surface area (Å²) in [4.78, 5) is 15.1. The Balaban J connectivity index is 2.77. The lowest BCUT2D eigenvalue weighted by Gasteiger charge is -2.13. The van der Waals surface area contributed by atoms with Crippen LogP contribution in [-0.2, 0) is 11.3 Å². The third-order valence-corrected chi connectivity index (χ3v) is 2.42. The number of aromatic nitrogens is 2. The molecule has 0 saturated carbocycles. The average Bonchev–Trinajstić information content (AvgIpc) is 2.44. The van der Waals surface area contributed by atoms with Crippen LogP contribution in [0.4, 0.5) is 0 Å². The molecule has 0 aliphatic rings. The van der Waals surface area contributed by atoms with Gasteiger partial charge in [0.1, 0.15) is 6.04 Å². The zero-order valence-corrected chi connectivity index (χ0v) is 8.74. The summed E-state index contributed by atoms with van der Waals surface area (Å²) in [7, 11) is 1.72. The summed E-state index contributed by atoms with van der Waals surface area (Å²) in [6.07, 6.45) is 1.72. The number of nitrogens with two attached hydrogens (primary N) is 1. The van der Waals surface area contributed by atoms with Crippen LogP contribution in [0.25, 0.3) is 0 Å². The molecule has 1 aromatic rings. The van der Waals surface area contributed by atoms with E-state index in [0.717, 1.165) is 11.4 Å². The molecule has 14 heavy (non-hydrogen) atoms. The summed E-state index contributed by atoms with van der Waals surface area (Å²) in [5, 5.41) is 2.86. The van der Waals surface area contributed by atoms with Gasteiger partial charge in [0, 0.05) is 12.2 Å². The van der Waals surface area contributed by atoms with Gasteiger partial charge in [-0.05, 0) is 20.9 Å². The summed E-state index contributed by atoms with van der Waals surface area (Å²) in [5.74, 6) is -0.349. The van der Waals surface area contributed by atoms with Gasteiger partial charge < -0.3 is 15.6 Å². The van der Waals surface area contributed by atoms with E-state index in [1.54, 1.807) is 13.4 Å². The van der Waals surface area contributed by atoms with Gasteiger partial charge in [-0.15, -0.1) is 0 Å². The molecule has 0 spiro atoms. The van der Waals surface area contributed by atoms with Gasteiger partial charge >= 0.3 is 0 Å². The average molecular weight is 196 g/mol. The van der Waals surface area contributed by atoms with E-state index in [1.807, 2.05) is 18.4 Å². The molecule has 0 saturated heterocycles. The maximum absolute atomic E-state index is 11.0. The Bertz CT molecular complexity index is 332. The topological polar surface area (TPSA) is 72.9 Å². The van der Waals surface area contributed by atoms with E-state index in [0.29, 0.717) is 6.54 Å². The quantitative estimate of drug-likeness (QED) is 0.686. The molecule has 1 rings (SSSR count). The first kappa shape index (κ1) is 10.7. The molecule has 78 valence electrons. The van der Waals surface area contributed by atoms with Crippen LogP contribution in [0.15, 0.2) is 6.33 Å². The van der Waals surface area contributed by atoms with Crippen molar-refractivity contribution in [1.29, 1.82) is 0 Å². The molecule has 0 aliphatic carbocycles. The standard InChI is InChI=1S/C9H16N4O/c1-6-7(2)13(5-12-6)4-8(11-3)9(10)14/h5,8,11H,4H2,1-3H3,(H2,10,14). The second kappa shape index (κ2) is 4.23. The van der Waals surface area contributed by atoms with Gasteiger partial charge in [0.05, 0.1) is 12.0 Å². The predicted octanol–water partition coefficient (Wildman–Crippen LogP) is -0.427. The Kier molecular flexibility index (Phi) is 3.24. The molecule has 0 radical (unpaired) electrons. The second-order valence-corrected chi connectivity index (χ2v) is 3.31. The largest absolute Gasteiger partial charge is 0.368 e. The highest BCUT2D eigenvalue weighted by atomic mass is 16.1. The lowest BCUT2D eigenvalue weighted by molar-refractivity contribution is -0.120. The van der Waals surface area contributed by atoms with Crippen molar-refractivity contribution in [1.82, 2.24) is 14.9 Å². The van der Waals surface area contributed by atoms with Crippen molar-refractivity contribution in [2.45, 2.75) is 26.4 Å². The molecule has 5 nitrogen and oxygen atoms in total. The highest BCUT2D eigenvalue weighted by molar-refractivity contribution is 5.79. The smallest absolute Gasteiger partial charge is 0.236 e. The minimum absolute atomic E-state index is 0.345. The van der Waals surface area contributed by atoms with Crippen LogP contribution in [0.2, 0.25) is 0 Å². The fraction of sp³-hybridized carbons (Fsp3) is 0.556. The van der Waals surface area contributed by atoms with E-state index in [2.05, 4.69) is 10.3 Å². The normalized spacial score (nSPS) is 12.8.